The Morgan fingerprint density at radius 2 is 1.90 bits per heavy atom. The van der Waals surface area contributed by atoms with Gasteiger partial charge in [0.1, 0.15) is 5.75 Å². The molecular weight excluding hydrogens is 258 g/mol. The molecule has 1 N–H and O–H groups in total. The Hall–Kier alpha value is -1.96. The van der Waals surface area contributed by atoms with Crippen LogP contribution in [-0.2, 0) is 12.8 Å². The third-order valence-corrected chi connectivity index (χ3v) is 4.63. The summed E-state index contributed by atoms with van der Waals surface area (Å²) in [6.07, 6.45) is 4.50. The van der Waals surface area contributed by atoms with Crippen LogP contribution in [0.5, 0.6) is 5.75 Å². The van der Waals surface area contributed by atoms with Crippen molar-refractivity contribution >= 4 is 5.69 Å². The van der Waals surface area contributed by atoms with Gasteiger partial charge in [0.25, 0.3) is 0 Å². The molecule has 2 aromatic carbocycles. The van der Waals surface area contributed by atoms with Gasteiger partial charge in [-0.1, -0.05) is 25.1 Å². The van der Waals surface area contributed by atoms with E-state index in [9.17, 15) is 5.11 Å². The fourth-order valence-electron chi connectivity index (χ4n) is 3.32. The zero-order valence-corrected chi connectivity index (χ0v) is 12.8. The summed E-state index contributed by atoms with van der Waals surface area (Å²) < 4.78 is 0. The maximum atomic E-state index is 9.67. The fourth-order valence-corrected chi connectivity index (χ4v) is 3.32. The molecule has 0 bridgehead atoms. The summed E-state index contributed by atoms with van der Waals surface area (Å²) in [5.74, 6) is 0.379. The molecule has 110 valence electrons. The number of aryl methyl sites for hydroxylation is 2. The molecule has 0 saturated heterocycles. The van der Waals surface area contributed by atoms with Crippen LogP contribution in [0.4, 0.5) is 5.69 Å². The molecule has 1 aliphatic rings. The zero-order chi connectivity index (χ0) is 14.8. The first kappa shape index (κ1) is 14.0. The number of benzene rings is 2. The first-order chi connectivity index (χ1) is 10.2. The molecule has 21 heavy (non-hydrogen) atoms. The highest BCUT2D eigenvalue weighted by Crippen LogP contribution is 2.37. The van der Waals surface area contributed by atoms with Crippen LogP contribution in [0.15, 0.2) is 42.5 Å². The number of phenols is 1. The Kier molecular flexibility index (Phi) is 3.87. The van der Waals surface area contributed by atoms with Crippen LogP contribution in [0.25, 0.3) is 0 Å². The van der Waals surface area contributed by atoms with Crippen molar-refractivity contribution < 1.29 is 5.11 Å². The Balaban J connectivity index is 1.90. The van der Waals surface area contributed by atoms with Gasteiger partial charge in [-0.25, -0.2) is 0 Å². The third-order valence-electron chi connectivity index (χ3n) is 4.63. The molecule has 0 heterocycles. The van der Waals surface area contributed by atoms with E-state index in [2.05, 4.69) is 49.2 Å². The van der Waals surface area contributed by atoms with E-state index in [1.807, 2.05) is 12.1 Å². The molecule has 0 fully saturated rings. The van der Waals surface area contributed by atoms with Gasteiger partial charge in [0, 0.05) is 12.7 Å². The number of aromatic hydroxyl groups is 1. The maximum absolute atomic E-state index is 9.67. The van der Waals surface area contributed by atoms with Gasteiger partial charge in [-0.2, -0.15) is 0 Å². The molecule has 0 amide bonds. The van der Waals surface area contributed by atoms with E-state index in [0.29, 0.717) is 11.8 Å². The van der Waals surface area contributed by atoms with Crippen molar-refractivity contribution in [3.63, 3.8) is 0 Å². The van der Waals surface area contributed by atoms with Gasteiger partial charge in [0.05, 0.1) is 6.04 Å². The summed E-state index contributed by atoms with van der Waals surface area (Å²) in [7, 11) is 2.17. The molecule has 2 heteroatoms. The summed E-state index contributed by atoms with van der Waals surface area (Å²) in [5, 5.41) is 9.67. The van der Waals surface area contributed by atoms with Gasteiger partial charge in [-0.3, -0.25) is 0 Å². The number of nitrogens with zero attached hydrogens (tertiary/aromatic N) is 1. The largest absolute Gasteiger partial charge is 0.508 e. The predicted molar refractivity (Wildman–Crippen MR) is 88.0 cm³/mol. The monoisotopic (exact) mass is 281 g/mol. The molecule has 0 radical (unpaired) electrons. The standard InChI is InChI=1S/C19H23NO/c1-3-14-7-9-16(10-8-14)20(2)19-6-4-5-15-13-17(21)11-12-18(15)19/h7-13,19,21H,3-6H2,1-2H3. The second-order valence-corrected chi connectivity index (χ2v) is 5.92. The number of hydrogen-bond donors (Lipinski definition) is 1. The van der Waals surface area contributed by atoms with Crippen LogP contribution in [0, 0.1) is 0 Å². The van der Waals surface area contributed by atoms with Crippen LogP contribution >= 0.6 is 0 Å². The molecule has 1 aliphatic carbocycles. The molecular formula is C19H23NO. The Labute approximate surface area is 127 Å². The second kappa shape index (κ2) is 5.80. The summed E-state index contributed by atoms with van der Waals surface area (Å²) in [6, 6.07) is 15.1. The average Bonchev–Trinajstić information content (AvgIpc) is 2.53. The average molecular weight is 281 g/mol. The lowest BCUT2D eigenvalue weighted by molar-refractivity contribution is 0.470. The van der Waals surface area contributed by atoms with Crippen molar-refractivity contribution in [3.05, 3.63) is 59.2 Å². The molecule has 1 atom stereocenters. The molecule has 2 nitrogen and oxygen atoms in total. The molecule has 0 aliphatic heterocycles. The van der Waals surface area contributed by atoms with Crippen LogP contribution in [0.2, 0.25) is 0 Å². The van der Waals surface area contributed by atoms with Crippen LogP contribution in [0.3, 0.4) is 0 Å². The van der Waals surface area contributed by atoms with Crippen molar-refractivity contribution in [2.24, 2.45) is 0 Å². The number of fused-ring (bicyclic) bond motifs is 1. The normalized spacial score (nSPS) is 17.3. The minimum Gasteiger partial charge on any atom is -0.508 e. The van der Waals surface area contributed by atoms with Gasteiger partial charge in [0.15, 0.2) is 0 Å². The lowest BCUT2D eigenvalue weighted by atomic mass is 9.86. The Bertz CT molecular complexity index is 618. The Morgan fingerprint density at radius 1 is 1.14 bits per heavy atom. The minimum atomic E-state index is 0.379. The van der Waals surface area contributed by atoms with Crippen molar-refractivity contribution in [1.29, 1.82) is 0 Å². The number of hydrogen-bond acceptors (Lipinski definition) is 2. The summed E-state index contributed by atoms with van der Waals surface area (Å²) >= 11 is 0. The number of rotatable bonds is 3. The topological polar surface area (TPSA) is 23.5 Å². The van der Waals surface area contributed by atoms with E-state index in [1.165, 1.54) is 35.2 Å². The van der Waals surface area contributed by atoms with E-state index in [4.69, 9.17) is 0 Å². The summed E-state index contributed by atoms with van der Waals surface area (Å²) in [4.78, 5) is 2.37. The van der Waals surface area contributed by atoms with Crippen LogP contribution in [-0.4, -0.2) is 12.2 Å². The molecule has 0 saturated carbocycles. The SMILES string of the molecule is CCc1ccc(N(C)C2CCCc3cc(O)ccc32)cc1. The van der Waals surface area contributed by atoms with Gasteiger partial charge < -0.3 is 10.0 Å². The van der Waals surface area contributed by atoms with Crippen molar-refractivity contribution in [2.45, 2.75) is 38.6 Å². The van der Waals surface area contributed by atoms with E-state index in [0.717, 1.165) is 12.8 Å². The molecule has 3 rings (SSSR count). The molecule has 0 aromatic heterocycles. The molecule has 1 unspecified atom stereocenters. The highest BCUT2D eigenvalue weighted by molar-refractivity contribution is 5.51. The highest BCUT2D eigenvalue weighted by atomic mass is 16.3. The fraction of sp³-hybridized carbons (Fsp3) is 0.368. The lowest BCUT2D eigenvalue weighted by Gasteiger charge is -2.35. The van der Waals surface area contributed by atoms with E-state index in [1.54, 1.807) is 0 Å². The predicted octanol–water partition coefficient (Wildman–Crippen LogP) is 4.47. The van der Waals surface area contributed by atoms with Gasteiger partial charge in [-0.05, 0) is 66.6 Å². The maximum Gasteiger partial charge on any atom is 0.115 e. The third kappa shape index (κ3) is 2.76. The Morgan fingerprint density at radius 3 is 2.62 bits per heavy atom. The molecule has 2 aromatic rings. The first-order valence-electron chi connectivity index (χ1n) is 7.82. The molecule has 0 spiro atoms. The number of anilines is 1. The van der Waals surface area contributed by atoms with Crippen molar-refractivity contribution in [2.75, 3.05) is 11.9 Å². The van der Waals surface area contributed by atoms with E-state index < -0.39 is 0 Å². The van der Waals surface area contributed by atoms with E-state index >= 15 is 0 Å². The first-order valence-corrected chi connectivity index (χ1v) is 7.82. The second-order valence-electron chi connectivity index (χ2n) is 5.92. The zero-order valence-electron chi connectivity index (χ0n) is 12.8. The quantitative estimate of drug-likeness (QED) is 0.897. The van der Waals surface area contributed by atoms with Crippen LogP contribution < -0.4 is 4.90 Å². The highest BCUT2D eigenvalue weighted by Gasteiger charge is 2.24. The van der Waals surface area contributed by atoms with Crippen molar-refractivity contribution in [1.82, 2.24) is 0 Å². The summed E-state index contributed by atoms with van der Waals surface area (Å²) in [5.41, 5.74) is 5.30. The summed E-state index contributed by atoms with van der Waals surface area (Å²) in [6.45, 7) is 2.18. The van der Waals surface area contributed by atoms with Gasteiger partial charge in [-0.15, -0.1) is 0 Å². The van der Waals surface area contributed by atoms with E-state index in [-0.39, 0.29) is 0 Å². The van der Waals surface area contributed by atoms with Crippen molar-refractivity contribution in [3.8, 4) is 5.75 Å². The number of phenolic OH excluding ortho intramolecular Hbond substituents is 1. The van der Waals surface area contributed by atoms with Crippen LogP contribution in [0.1, 0.15) is 42.5 Å². The van der Waals surface area contributed by atoms with Gasteiger partial charge >= 0.3 is 0 Å². The van der Waals surface area contributed by atoms with Gasteiger partial charge in [0.2, 0.25) is 0 Å². The smallest absolute Gasteiger partial charge is 0.115 e. The lowest BCUT2D eigenvalue weighted by Crippen LogP contribution is -2.27. The minimum absolute atomic E-state index is 0.379.